The van der Waals surface area contributed by atoms with Crippen molar-refractivity contribution in [1.82, 2.24) is 5.43 Å². The van der Waals surface area contributed by atoms with Crippen LogP contribution in [-0.2, 0) is 4.79 Å². The number of anilines is 1. The number of rotatable bonds is 5. The maximum Gasteiger partial charge on any atom is 0.224 e. The standard InChI is InChI=1S/C21H24N4OS/c1-14(2)12-20(26)22-17-10-6-16(7-11-17)19-13-27-21(25-24-19)23-18-8-4-15(3)5-9-18/h4-11,14H,12-13H2,1-3H3,(H,22,26)(H,23,25). The van der Waals surface area contributed by atoms with Gasteiger partial charge in [-0.25, -0.2) is 4.99 Å². The summed E-state index contributed by atoms with van der Waals surface area (Å²) in [7, 11) is 0. The van der Waals surface area contributed by atoms with Crippen molar-refractivity contribution in [2.75, 3.05) is 11.1 Å². The van der Waals surface area contributed by atoms with Crippen molar-refractivity contribution in [2.24, 2.45) is 16.0 Å². The molecule has 0 bridgehead atoms. The summed E-state index contributed by atoms with van der Waals surface area (Å²) in [6, 6.07) is 15.9. The Labute approximate surface area is 164 Å². The first kappa shape index (κ1) is 19.2. The molecule has 1 aliphatic heterocycles. The number of aliphatic imine (C=N–C) groups is 1. The molecule has 140 valence electrons. The highest BCUT2D eigenvalue weighted by Crippen LogP contribution is 2.20. The fraction of sp³-hybridized carbons (Fsp3) is 0.286. The molecule has 5 nitrogen and oxygen atoms in total. The molecule has 2 aromatic carbocycles. The third kappa shape index (κ3) is 5.69. The van der Waals surface area contributed by atoms with Crippen LogP contribution in [0.4, 0.5) is 11.4 Å². The van der Waals surface area contributed by atoms with Crippen molar-refractivity contribution in [1.29, 1.82) is 0 Å². The quantitative estimate of drug-likeness (QED) is 0.790. The average molecular weight is 381 g/mol. The van der Waals surface area contributed by atoms with Crippen molar-refractivity contribution in [2.45, 2.75) is 27.2 Å². The second-order valence-corrected chi connectivity index (χ2v) is 7.90. The number of hydrazone groups is 1. The number of hydrogen-bond donors (Lipinski definition) is 2. The first-order valence-electron chi connectivity index (χ1n) is 9.00. The Bertz CT molecular complexity index is 855. The molecule has 0 saturated heterocycles. The second-order valence-electron chi connectivity index (χ2n) is 6.93. The van der Waals surface area contributed by atoms with Gasteiger partial charge < -0.3 is 5.32 Å². The SMILES string of the molecule is Cc1ccc(N=C2NN=C(c3ccc(NC(=O)CC(C)C)cc3)CS2)cc1. The molecular weight excluding hydrogens is 356 g/mol. The maximum atomic E-state index is 11.9. The van der Waals surface area contributed by atoms with E-state index in [9.17, 15) is 4.79 Å². The molecule has 0 atom stereocenters. The van der Waals surface area contributed by atoms with Crippen molar-refractivity contribution < 1.29 is 4.79 Å². The molecule has 0 radical (unpaired) electrons. The van der Waals surface area contributed by atoms with Crippen LogP contribution in [0.1, 0.15) is 31.4 Å². The minimum absolute atomic E-state index is 0.0435. The van der Waals surface area contributed by atoms with Gasteiger partial charge in [0.15, 0.2) is 5.17 Å². The molecule has 0 aliphatic carbocycles. The van der Waals surface area contributed by atoms with Crippen LogP contribution in [0.5, 0.6) is 0 Å². The van der Waals surface area contributed by atoms with Crippen LogP contribution in [-0.4, -0.2) is 22.5 Å². The Morgan fingerprint density at radius 3 is 2.48 bits per heavy atom. The van der Waals surface area contributed by atoms with E-state index in [1.54, 1.807) is 11.8 Å². The van der Waals surface area contributed by atoms with E-state index in [1.165, 1.54) is 5.56 Å². The van der Waals surface area contributed by atoms with E-state index in [-0.39, 0.29) is 5.91 Å². The van der Waals surface area contributed by atoms with Crippen LogP contribution in [0.3, 0.4) is 0 Å². The Kier molecular flexibility index (Phi) is 6.29. The van der Waals surface area contributed by atoms with E-state index in [1.807, 2.05) is 62.4 Å². The summed E-state index contributed by atoms with van der Waals surface area (Å²) in [6.45, 7) is 6.12. The molecule has 1 heterocycles. The molecular formula is C21H24N4OS. The largest absolute Gasteiger partial charge is 0.326 e. The van der Waals surface area contributed by atoms with Crippen LogP contribution >= 0.6 is 11.8 Å². The molecule has 1 aliphatic rings. The van der Waals surface area contributed by atoms with Gasteiger partial charge >= 0.3 is 0 Å². The summed E-state index contributed by atoms with van der Waals surface area (Å²) in [6.07, 6.45) is 0.526. The molecule has 0 aromatic heterocycles. The predicted octanol–water partition coefficient (Wildman–Crippen LogP) is 4.71. The lowest BCUT2D eigenvalue weighted by Crippen LogP contribution is -2.25. The lowest BCUT2D eigenvalue weighted by molar-refractivity contribution is -0.116. The molecule has 0 fully saturated rings. The monoisotopic (exact) mass is 380 g/mol. The number of amides is 1. The highest BCUT2D eigenvalue weighted by Gasteiger charge is 2.13. The highest BCUT2D eigenvalue weighted by atomic mass is 32.2. The zero-order valence-corrected chi connectivity index (χ0v) is 16.6. The smallest absolute Gasteiger partial charge is 0.224 e. The van der Waals surface area contributed by atoms with Crippen LogP contribution in [0.2, 0.25) is 0 Å². The maximum absolute atomic E-state index is 11.9. The zero-order chi connectivity index (χ0) is 19.2. The van der Waals surface area contributed by atoms with Crippen LogP contribution in [0.25, 0.3) is 0 Å². The minimum Gasteiger partial charge on any atom is -0.326 e. The second kappa shape index (κ2) is 8.86. The van der Waals surface area contributed by atoms with Crippen LogP contribution < -0.4 is 10.7 Å². The number of aryl methyl sites for hydroxylation is 1. The van der Waals surface area contributed by atoms with Crippen molar-refractivity contribution >= 4 is 39.9 Å². The third-order valence-corrected chi connectivity index (χ3v) is 4.87. The molecule has 0 saturated carbocycles. The van der Waals surface area contributed by atoms with Crippen LogP contribution in [0.15, 0.2) is 58.6 Å². The Hall–Kier alpha value is -2.60. The van der Waals surface area contributed by atoms with Gasteiger partial charge in [-0.2, -0.15) is 5.10 Å². The Balaban J connectivity index is 1.62. The van der Waals surface area contributed by atoms with Gasteiger partial charge in [0.25, 0.3) is 0 Å². The summed E-state index contributed by atoms with van der Waals surface area (Å²) in [4.78, 5) is 16.4. The number of benzene rings is 2. The van der Waals surface area contributed by atoms with Gasteiger partial charge in [-0.15, -0.1) is 0 Å². The molecule has 6 heteroatoms. The number of thioether (sulfide) groups is 1. The molecule has 2 aromatic rings. The number of carbonyl (C=O) groups excluding carboxylic acids is 1. The number of nitrogens with zero attached hydrogens (tertiary/aromatic N) is 2. The van der Waals surface area contributed by atoms with Gasteiger partial charge in [-0.1, -0.05) is 55.4 Å². The first-order valence-corrected chi connectivity index (χ1v) is 9.99. The van der Waals surface area contributed by atoms with Gasteiger partial charge in [-0.3, -0.25) is 10.2 Å². The van der Waals surface area contributed by atoms with E-state index in [0.29, 0.717) is 12.3 Å². The predicted molar refractivity (Wildman–Crippen MR) is 115 cm³/mol. The summed E-state index contributed by atoms with van der Waals surface area (Å²) >= 11 is 1.63. The third-order valence-electron chi connectivity index (χ3n) is 3.99. The molecule has 27 heavy (non-hydrogen) atoms. The lowest BCUT2D eigenvalue weighted by atomic mass is 10.1. The van der Waals surface area contributed by atoms with Gasteiger partial charge in [-0.05, 0) is 42.7 Å². The summed E-state index contributed by atoms with van der Waals surface area (Å²) in [5.74, 6) is 1.14. The first-order chi connectivity index (χ1) is 13.0. The Morgan fingerprint density at radius 1 is 1.19 bits per heavy atom. The zero-order valence-electron chi connectivity index (χ0n) is 15.8. The number of hydrogen-bond acceptors (Lipinski definition) is 4. The Morgan fingerprint density at radius 2 is 1.89 bits per heavy atom. The molecule has 1 amide bonds. The summed E-state index contributed by atoms with van der Waals surface area (Å²) in [5, 5.41) is 8.17. The van der Waals surface area contributed by atoms with E-state index in [2.05, 4.69) is 27.8 Å². The fourth-order valence-electron chi connectivity index (χ4n) is 2.59. The van der Waals surface area contributed by atoms with Crippen molar-refractivity contribution in [3.63, 3.8) is 0 Å². The number of amidine groups is 1. The van der Waals surface area contributed by atoms with E-state index in [0.717, 1.165) is 33.6 Å². The van der Waals surface area contributed by atoms with Crippen molar-refractivity contribution in [3.05, 3.63) is 59.7 Å². The fourth-order valence-corrected chi connectivity index (χ4v) is 3.37. The number of carbonyl (C=O) groups is 1. The minimum atomic E-state index is 0.0435. The van der Waals surface area contributed by atoms with E-state index < -0.39 is 0 Å². The van der Waals surface area contributed by atoms with E-state index >= 15 is 0 Å². The molecule has 0 spiro atoms. The summed E-state index contributed by atoms with van der Waals surface area (Å²) < 4.78 is 0. The highest BCUT2D eigenvalue weighted by molar-refractivity contribution is 8.14. The molecule has 2 N–H and O–H groups in total. The average Bonchev–Trinajstić information content (AvgIpc) is 2.64. The normalized spacial score (nSPS) is 15.4. The lowest BCUT2D eigenvalue weighted by Gasteiger charge is -2.15. The van der Waals surface area contributed by atoms with Gasteiger partial charge in [0.2, 0.25) is 5.91 Å². The summed E-state index contributed by atoms with van der Waals surface area (Å²) in [5.41, 5.74) is 7.96. The molecule has 3 rings (SSSR count). The number of nitrogens with one attached hydrogen (secondary N) is 2. The van der Waals surface area contributed by atoms with Gasteiger partial charge in [0, 0.05) is 17.9 Å². The van der Waals surface area contributed by atoms with Crippen molar-refractivity contribution in [3.8, 4) is 0 Å². The topological polar surface area (TPSA) is 65.8 Å². The molecule has 0 unspecified atom stereocenters. The van der Waals surface area contributed by atoms with Crippen LogP contribution in [0, 0.1) is 12.8 Å². The van der Waals surface area contributed by atoms with Gasteiger partial charge in [0.1, 0.15) is 0 Å². The van der Waals surface area contributed by atoms with E-state index in [4.69, 9.17) is 0 Å². The van der Waals surface area contributed by atoms with Gasteiger partial charge in [0.05, 0.1) is 11.4 Å².